The first-order valence-electron chi connectivity index (χ1n) is 10.1. The average Bonchev–Trinajstić information content (AvgIpc) is 3.32. The molecule has 2 heterocycles. The van der Waals surface area contributed by atoms with Crippen molar-refractivity contribution in [1.82, 2.24) is 19.9 Å². The summed E-state index contributed by atoms with van der Waals surface area (Å²) in [7, 11) is 0. The Kier molecular flexibility index (Phi) is 5.28. The highest BCUT2D eigenvalue weighted by molar-refractivity contribution is 5.88. The lowest BCUT2D eigenvalue weighted by Crippen LogP contribution is -2.23. The molecule has 32 heavy (non-hydrogen) atoms. The molecule has 0 spiro atoms. The zero-order valence-electron chi connectivity index (χ0n) is 17.1. The molecule has 0 aliphatic heterocycles. The fourth-order valence-electron chi connectivity index (χ4n) is 3.40. The Labute approximate surface area is 183 Å². The maximum Gasteiger partial charge on any atom is 0.282 e. The fraction of sp³-hybridized carbons (Fsp3) is 0.0400. The number of nitrogens with one attached hydrogen (secondary N) is 1. The van der Waals surface area contributed by atoms with Crippen LogP contribution in [-0.4, -0.2) is 26.1 Å². The first-order valence-corrected chi connectivity index (χ1v) is 10.1. The van der Waals surface area contributed by atoms with Gasteiger partial charge in [0.2, 0.25) is 0 Å². The molecule has 0 aliphatic rings. The van der Waals surface area contributed by atoms with Gasteiger partial charge in [0.25, 0.3) is 5.56 Å². The third-order valence-corrected chi connectivity index (χ3v) is 4.98. The van der Waals surface area contributed by atoms with Crippen molar-refractivity contribution in [2.24, 2.45) is 5.10 Å². The van der Waals surface area contributed by atoms with Crippen molar-refractivity contribution < 1.29 is 4.74 Å². The summed E-state index contributed by atoms with van der Waals surface area (Å²) < 4.78 is 7.14. The van der Waals surface area contributed by atoms with Crippen molar-refractivity contribution in [1.29, 1.82) is 0 Å². The molecule has 0 unspecified atom stereocenters. The summed E-state index contributed by atoms with van der Waals surface area (Å²) in [6, 6.07) is 26.4. The number of aromatic nitrogens is 4. The van der Waals surface area contributed by atoms with E-state index in [1.807, 2.05) is 72.8 Å². The van der Waals surface area contributed by atoms with E-state index in [-0.39, 0.29) is 12.2 Å². The van der Waals surface area contributed by atoms with Gasteiger partial charge in [-0.3, -0.25) is 9.89 Å². The summed E-state index contributed by atoms with van der Waals surface area (Å²) in [5.74, 6) is 1.09. The largest absolute Gasteiger partial charge is 0.486 e. The molecule has 1 N–H and O–H groups in total. The molecule has 0 amide bonds. The highest BCUT2D eigenvalue weighted by Gasteiger charge is 2.12. The van der Waals surface area contributed by atoms with E-state index in [2.05, 4.69) is 20.3 Å². The van der Waals surface area contributed by atoms with E-state index in [0.717, 1.165) is 16.8 Å². The van der Waals surface area contributed by atoms with E-state index in [4.69, 9.17) is 4.74 Å². The average molecular weight is 421 g/mol. The molecule has 0 atom stereocenters. The van der Waals surface area contributed by atoms with Crippen LogP contribution in [0.25, 0.3) is 22.2 Å². The van der Waals surface area contributed by atoms with Crippen molar-refractivity contribution in [2.75, 3.05) is 0 Å². The molecular weight excluding hydrogens is 402 g/mol. The topological polar surface area (TPSA) is 85.2 Å². The van der Waals surface area contributed by atoms with E-state index >= 15 is 0 Å². The van der Waals surface area contributed by atoms with Gasteiger partial charge in [0.05, 0.1) is 29.0 Å². The lowest BCUT2D eigenvalue weighted by Gasteiger charge is -2.10. The number of nitrogens with zero attached hydrogens (tertiary/aromatic N) is 4. The molecule has 0 fully saturated rings. The molecule has 7 nitrogen and oxygen atoms in total. The molecule has 0 bridgehead atoms. The lowest BCUT2D eigenvalue weighted by atomic mass is 10.1. The quantitative estimate of drug-likeness (QED) is 0.416. The summed E-state index contributed by atoms with van der Waals surface area (Å²) >= 11 is 0. The van der Waals surface area contributed by atoms with Crippen LogP contribution in [-0.2, 0) is 6.61 Å². The van der Waals surface area contributed by atoms with Crippen LogP contribution in [0.1, 0.15) is 11.4 Å². The van der Waals surface area contributed by atoms with Gasteiger partial charge in [-0.2, -0.15) is 14.9 Å². The van der Waals surface area contributed by atoms with Gasteiger partial charge in [-0.15, -0.1) is 0 Å². The van der Waals surface area contributed by atoms with Gasteiger partial charge in [-0.05, 0) is 24.3 Å². The lowest BCUT2D eigenvalue weighted by molar-refractivity contribution is 0.289. The molecule has 2 aromatic heterocycles. The number of fused-ring (bicyclic) bond motifs is 1. The number of para-hydroxylation sites is 2. The van der Waals surface area contributed by atoms with E-state index in [9.17, 15) is 4.79 Å². The van der Waals surface area contributed by atoms with Crippen molar-refractivity contribution in [3.8, 4) is 17.0 Å². The molecule has 0 saturated heterocycles. The number of hydrogen-bond acceptors (Lipinski definition) is 5. The Bertz CT molecular complexity index is 1440. The van der Waals surface area contributed by atoms with E-state index in [1.165, 1.54) is 4.68 Å². The van der Waals surface area contributed by atoms with Crippen molar-refractivity contribution >= 4 is 17.1 Å². The first kappa shape index (κ1) is 19.4. The highest BCUT2D eigenvalue weighted by atomic mass is 16.5. The standard InChI is InChI=1S/C25H19N5O2/c31-25-21-13-7-8-14-22(21)28-23(17-32-20-11-5-2-6-12-20)30(25)27-16-19-15-26-29-24(19)18-9-3-1-4-10-18/h1-16H,17H2,(H,26,29)/b27-16-. The predicted molar refractivity (Wildman–Crippen MR) is 124 cm³/mol. The Hall–Kier alpha value is -4.52. The summed E-state index contributed by atoms with van der Waals surface area (Å²) in [5, 5.41) is 12.1. The number of ether oxygens (including phenoxy) is 1. The number of H-pyrrole nitrogens is 1. The smallest absolute Gasteiger partial charge is 0.282 e. The first-order chi connectivity index (χ1) is 15.8. The van der Waals surface area contributed by atoms with Crippen LogP contribution in [0.5, 0.6) is 5.75 Å². The molecule has 0 radical (unpaired) electrons. The molecule has 156 valence electrons. The Morgan fingerprint density at radius 1 is 0.938 bits per heavy atom. The van der Waals surface area contributed by atoms with Gasteiger partial charge in [-0.1, -0.05) is 60.7 Å². The summed E-state index contributed by atoms with van der Waals surface area (Å²) in [5.41, 5.74) is 2.89. The van der Waals surface area contributed by atoms with Crippen LogP contribution in [0.4, 0.5) is 0 Å². The van der Waals surface area contributed by atoms with Crippen LogP contribution < -0.4 is 10.3 Å². The molecule has 5 aromatic rings. The van der Waals surface area contributed by atoms with Crippen LogP contribution in [0.2, 0.25) is 0 Å². The number of benzene rings is 3. The molecular formula is C25H19N5O2. The van der Waals surface area contributed by atoms with Crippen molar-refractivity contribution in [3.05, 3.63) is 113 Å². The van der Waals surface area contributed by atoms with E-state index in [0.29, 0.717) is 22.5 Å². The van der Waals surface area contributed by atoms with Crippen molar-refractivity contribution in [3.63, 3.8) is 0 Å². The second-order valence-corrected chi connectivity index (χ2v) is 7.07. The summed E-state index contributed by atoms with van der Waals surface area (Å²) in [6.45, 7) is 0.0956. The number of hydrogen-bond donors (Lipinski definition) is 1. The Morgan fingerprint density at radius 2 is 1.66 bits per heavy atom. The van der Waals surface area contributed by atoms with Crippen LogP contribution in [0.15, 0.2) is 101 Å². The van der Waals surface area contributed by atoms with Gasteiger partial charge >= 0.3 is 0 Å². The van der Waals surface area contributed by atoms with E-state index in [1.54, 1.807) is 24.5 Å². The molecule has 0 saturated carbocycles. The predicted octanol–water partition coefficient (Wildman–Crippen LogP) is 4.25. The number of aromatic amines is 1. The van der Waals surface area contributed by atoms with E-state index < -0.39 is 0 Å². The van der Waals surface area contributed by atoms with Gasteiger partial charge in [0.1, 0.15) is 12.4 Å². The monoisotopic (exact) mass is 421 g/mol. The highest BCUT2D eigenvalue weighted by Crippen LogP contribution is 2.19. The zero-order chi connectivity index (χ0) is 21.8. The third-order valence-electron chi connectivity index (χ3n) is 4.98. The minimum atomic E-state index is -0.261. The minimum Gasteiger partial charge on any atom is -0.486 e. The maximum atomic E-state index is 13.2. The summed E-state index contributed by atoms with van der Waals surface area (Å²) in [4.78, 5) is 17.8. The molecule has 0 aliphatic carbocycles. The second kappa shape index (κ2) is 8.69. The van der Waals surface area contributed by atoms with Crippen LogP contribution >= 0.6 is 0 Å². The number of rotatable bonds is 6. The second-order valence-electron chi connectivity index (χ2n) is 7.07. The van der Waals surface area contributed by atoms with Crippen molar-refractivity contribution in [2.45, 2.75) is 6.61 Å². The van der Waals surface area contributed by atoms with Crippen LogP contribution in [0, 0.1) is 0 Å². The summed E-state index contributed by atoms with van der Waals surface area (Å²) in [6.07, 6.45) is 3.28. The van der Waals surface area contributed by atoms with Gasteiger partial charge in [0.15, 0.2) is 5.82 Å². The minimum absolute atomic E-state index is 0.0956. The van der Waals surface area contributed by atoms with Gasteiger partial charge in [0, 0.05) is 11.1 Å². The Morgan fingerprint density at radius 3 is 2.47 bits per heavy atom. The Balaban J connectivity index is 1.55. The van der Waals surface area contributed by atoms with Gasteiger partial charge in [-0.25, -0.2) is 4.98 Å². The van der Waals surface area contributed by atoms with Crippen LogP contribution in [0.3, 0.4) is 0 Å². The molecule has 7 heteroatoms. The fourth-order valence-corrected chi connectivity index (χ4v) is 3.40. The molecule has 3 aromatic carbocycles. The normalized spacial score (nSPS) is 11.2. The zero-order valence-corrected chi connectivity index (χ0v) is 17.1. The maximum absolute atomic E-state index is 13.2. The SMILES string of the molecule is O=c1c2ccccc2nc(COc2ccccc2)n1/N=C\c1cn[nH]c1-c1ccccc1. The third kappa shape index (κ3) is 3.91. The van der Waals surface area contributed by atoms with Gasteiger partial charge < -0.3 is 4.74 Å². The molecule has 5 rings (SSSR count).